The van der Waals surface area contributed by atoms with Gasteiger partial charge < -0.3 is 5.11 Å². The number of hydrogen-bond donors (Lipinski definition) is 1. The average molecular weight is 384 g/mol. The smallest absolute Gasteiger partial charge is 0.335 e. The summed E-state index contributed by atoms with van der Waals surface area (Å²) in [5.74, 6) is -0.00610. The zero-order chi connectivity index (χ0) is 19.5. The number of carboxylic acids is 1. The van der Waals surface area contributed by atoms with Crippen molar-refractivity contribution in [2.45, 2.75) is 11.3 Å². The molecule has 0 bridgehead atoms. The van der Waals surface area contributed by atoms with E-state index in [-0.39, 0.29) is 0 Å². The van der Waals surface area contributed by atoms with Crippen LogP contribution in [0.15, 0.2) is 71.8 Å². The maximum atomic E-state index is 11.1. The van der Waals surface area contributed by atoms with Gasteiger partial charge in [-0.2, -0.15) is 0 Å². The maximum absolute atomic E-state index is 11.1. The molecule has 4 rings (SSSR count). The molecule has 0 amide bonds. The van der Waals surface area contributed by atoms with Gasteiger partial charge in [0.15, 0.2) is 5.69 Å². The van der Waals surface area contributed by atoms with Gasteiger partial charge in [0.25, 0.3) is 0 Å². The van der Waals surface area contributed by atoms with Gasteiger partial charge in [0.1, 0.15) is 0 Å². The average Bonchev–Trinajstić information content (AvgIpc) is 2.73. The predicted molar refractivity (Wildman–Crippen MR) is 113 cm³/mol. The van der Waals surface area contributed by atoms with Gasteiger partial charge in [0.2, 0.25) is 0 Å². The summed E-state index contributed by atoms with van der Waals surface area (Å²) >= 11 is 1.76. The van der Waals surface area contributed by atoms with Crippen molar-refractivity contribution < 1.29 is 9.90 Å². The van der Waals surface area contributed by atoms with Crippen molar-refractivity contribution >= 4 is 45.1 Å². The van der Waals surface area contributed by atoms with Crippen LogP contribution in [0.2, 0.25) is 0 Å². The third kappa shape index (κ3) is 3.68. The van der Waals surface area contributed by atoms with Crippen molar-refractivity contribution in [3.63, 3.8) is 0 Å². The van der Waals surface area contributed by atoms with Gasteiger partial charge in [-0.1, -0.05) is 30.3 Å². The molecule has 28 heavy (non-hydrogen) atoms. The standard InChI is InChI=1S/C23H16N2O2S/c1-24-19-6-7-21-20(14-19)22(8-10-25-21)28-11-9-15-2-3-17-13-18(23(26)27)5-4-16(17)12-15/h2-8,10,12-14H,9,11H2,(H,26,27). The summed E-state index contributed by atoms with van der Waals surface area (Å²) in [5.41, 5.74) is 3.04. The molecule has 1 aromatic heterocycles. The fraction of sp³-hybridized carbons (Fsp3) is 0.0870. The Labute approximate surface area is 166 Å². The number of hydrogen-bond acceptors (Lipinski definition) is 3. The minimum atomic E-state index is -0.909. The van der Waals surface area contributed by atoms with Crippen LogP contribution in [0.5, 0.6) is 0 Å². The van der Waals surface area contributed by atoms with Crippen LogP contribution in [0.25, 0.3) is 26.5 Å². The van der Waals surface area contributed by atoms with Crippen molar-refractivity contribution in [1.29, 1.82) is 0 Å². The molecule has 0 atom stereocenters. The van der Waals surface area contributed by atoms with Crippen molar-refractivity contribution in [2.75, 3.05) is 5.75 Å². The zero-order valence-electron chi connectivity index (χ0n) is 14.9. The predicted octanol–water partition coefficient (Wildman–Crippen LogP) is 5.97. The van der Waals surface area contributed by atoms with Gasteiger partial charge in [0.05, 0.1) is 17.7 Å². The number of thioether (sulfide) groups is 1. The molecule has 1 N–H and O–H groups in total. The molecule has 0 spiro atoms. The molecule has 0 aliphatic heterocycles. The molecule has 0 fully saturated rings. The molecule has 0 saturated carbocycles. The number of aryl methyl sites for hydroxylation is 1. The molecule has 0 radical (unpaired) electrons. The molecule has 4 aromatic rings. The number of pyridine rings is 1. The second-order valence-electron chi connectivity index (χ2n) is 6.42. The van der Waals surface area contributed by atoms with E-state index in [1.165, 1.54) is 5.56 Å². The molecule has 3 aromatic carbocycles. The second-order valence-corrected chi connectivity index (χ2v) is 7.56. The number of aromatic nitrogens is 1. The normalized spacial score (nSPS) is 10.8. The number of benzene rings is 3. The van der Waals surface area contributed by atoms with E-state index in [4.69, 9.17) is 11.7 Å². The first-order valence-corrected chi connectivity index (χ1v) is 9.77. The molecule has 0 saturated heterocycles. The van der Waals surface area contributed by atoms with Gasteiger partial charge in [-0.05, 0) is 53.1 Å². The number of rotatable bonds is 5. The summed E-state index contributed by atoms with van der Waals surface area (Å²) in [5, 5.41) is 12.1. The van der Waals surface area contributed by atoms with Crippen molar-refractivity contribution in [1.82, 2.24) is 4.98 Å². The first-order chi connectivity index (χ1) is 13.6. The molecule has 0 aliphatic rings. The van der Waals surface area contributed by atoms with E-state index in [0.29, 0.717) is 11.3 Å². The van der Waals surface area contributed by atoms with E-state index in [0.717, 1.165) is 38.7 Å². The van der Waals surface area contributed by atoms with Crippen molar-refractivity contribution in [3.8, 4) is 0 Å². The van der Waals surface area contributed by atoms with E-state index < -0.39 is 5.97 Å². The minimum Gasteiger partial charge on any atom is -0.478 e. The highest BCUT2D eigenvalue weighted by atomic mass is 32.2. The SMILES string of the molecule is [C-]#[N+]c1ccc2nccc(SCCc3ccc4cc(C(=O)O)ccc4c3)c2c1. The Balaban J connectivity index is 1.51. The first kappa shape index (κ1) is 18.0. The molecule has 4 nitrogen and oxygen atoms in total. The summed E-state index contributed by atoms with van der Waals surface area (Å²) in [6.45, 7) is 7.21. The van der Waals surface area contributed by atoms with Crippen LogP contribution in [-0.2, 0) is 6.42 Å². The number of fused-ring (bicyclic) bond motifs is 2. The summed E-state index contributed by atoms with van der Waals surface area (Å²) < 4.78 is 0. The highest BCUT2D eigenvalue weighted by Gasteiger charge is 2.06. The minimum absolute atomic E-state index is 0.305. The molecular formula is C23H16N2O2S. The van der Waals surface area contributed by atoms with Gasteiger partial charge in [0, 0.05) is 22.2 Å². The quantitative estimate of drug-likeness (QED) is 0.340. The van der Waals surface area contributed by atoms with Crippen molar-refractivity contribution in [2.24, 2.45) is 0 Å². The zero-order valence-corrected chi connectivity index (χ0v) is 15.7. The first-order valence-electron chi connectivity index (χ1n) is 8.79. The molecule has 0 aliphatic carbocycles. The van der Waals surface area contributed by atoms with Crippen LogP contribution >= 0.6 is 11.8 Å². The van der Waals surface area contributed by atoms with Gasteiger partial charge in [-0.15, -0.1) is 11.8 Å². The van der Waals surface area contributed by atoms with Crippen LogP contribution < -0.4 is 0 Å². The van der Waals surface area contributed by atoms with E-state index in [1.807, 2.05) is 30.3 Å². The third-order valence-corrected chi connectivity index (χ3v) is 5.69. The van der Waals surface area contributed by atoms with Crippen LogP contribution in [0, 0.1) is 6.57 Å². The van der Waals surface area contributed by atoms with E-state index >= 15 is 0 Å². The summed E-state index contributed by atoms with van der Waals surface area (Å²) in [6.07, 6.45) is 2.70. The Kier molecular flexibility index (Phi) is 4.96. The summed E-state index contributed by atoms with van der Waals surface area (Å²) in [7, 11) is 0. The number of aromatic carboxylic acids is 1. The largest absolute Gasteiger partial charge is 0.478 e. The van der Waals surface area contributed by atoms with E-state index in [1.54, 1.807) is 36.2 Å². The number of nitrogens with zero attached hydrogens (tertiary/aromatic N) is 2. The molecular weight excluding hydrogens is 368 g/mol. The lowest BCUT2D eigenvalue weighted by molar-refractivity contribution is 0.0697. The number of carbonyl (C=O) groups is 1. The second kappa shape index (κ2) is 7.71. The Morgan fingerprint density at radius 2 is 1.86 bits per heavy atom. The monoisotopic (exact) mass is 384 g/mol. The maximum Gasteiger partial charge on any atom is 0.335 e. The highest BCUT2D eigenvalue weighted by Crippen LogP contribution is 2.30. The summed E-state index contributed by atoms with van der Waals surface area (Å²) in [6, 6.07) is 18.9. The van der Waals surface area contributed by atoms with E-state index in [9.17, 15) is 4.79 Å². The Morgan fingerprint density at radius 3 is 2.68 bits per heavy atom. The Bertz CT molecular complexity index is 1240. The molecule has 1 heterocycles. The topological polar surface area (TPSA) is 54.5 Å². The van der Waals surface area contributed by atoms with Crippen LogP contribution in [0.3, 0.4) is 0 Å². The van der Waals surface area contributed by atoms with Crippen LogP contribution in [0.4, 0.5) is 5.69 Å². The lowest BCUT2D eigenvalue weighted by Gasteiger charge is -2.08. The lowest BCUT2D eigenvalue weighted by Crippen LogP contribution is -1.95. The molecule has 0 unspecified atom stereocenters. The Hall–Kier alpha value is -3.36. The van der Waals surface area contributed by atoms with Crippen molar-refractivity contribution in [3.05, 3.63) is 89.4 Å². The highest BCUT2D eigenvalue weighted by molar-refractivity contribution is 7.99. The molecule has 5 heteroatoms. The van der Waals surface area contributed by atoms with Crippen LogP contribution in [0.1, 0.15) is 15.9 Å². The van der Waals surface area contributed by atoms with Gasteiger partial charge in [-0.25, -0.2) is 9.64 Å². The number of carboxylic acid groups (broad SMARTS) is 1. The van der Waals surface area contributed by atoms with Gasteiger partial charge in [-0.3, -0.25) is 4.98 Å². The van der Waals surface area contributed by atoms with Gasteiger partial charge >= 0.3 is 5.97 Å². The van der Waals surface area contributed by atoms with Crippen LogP contribution in [-0.4, -0.2) is 21.8 Å². The Morgan fingerprint density at radius 1 is 1.04 bits per heavy atom. The third-order valence-electron chi connectivity index (χ3n) is 4.61. The fourth-order valence-electron chi connectivity index (χ4n) is 3.17. The lowest BCUT2D eigenvalue weighted by atomic mass is 10.0. The summed E-state index contributed by atoms with van der Waals surface area (Å²) in [4.78, 5) is 20.1. The van der Waals surface area contributed by atoms with E-state index in [2.05, 4.69) is 22.0 Å². The molecule has 136 valence electrons. The fourth-order valence-corrected chi connectivity index (χ4v) is 4.20.